The number of rotatable bonds is 1. The molecule has 0 aliphatic carbocycles. The van der Waals surface area contributed by atoms with E-state index in [4.69, 9.17) is 9.94 Å². The van der Waals surface area contributed by atoms with Crippen molar-refractivity contribution in [2.24, 2.45) is 0 Å². The molecule has 0 spiro atoms. The molecule has 0 saturated carbocycles. The maximum Gasteiger partial charge on any atom is 0.525 e. The van der Waals surface area contributed by atoms with Crippen molar-refractivity contribution in [1.82, 2.24) is 5.06 Å². The van der Waals surface area contributed by atoms with Gasteiger partial charge < -0.3 is 9.94 Å². The largest absolute Gasteiger partial charge is 0.525 e. The van der Waals surface area contributed by atoms with Gasteiger partial charge in [0.25, 0.3) is 0 Å². The Kier molecular flexibility index (Phi) is 6.97. The third-order valence-electron chi connectivity index (χ3n) is 3.02. The fourth-order valence-corrected chi connectivity index (χ4v) is 2.13. The van der Waals surface area contributed by atoms with Gasteiger partial charge in [0.2, 0.25) is 0 Å². The number of carboxylic acid groups (broad SMARTS) is 1. The fourth-order valence-electron chi connectivity index (χ4n) is 2.13. The lowest BCUT2D eigenvalue weighted by Crippen LogP contribution is -2.29. The van der Waals surface area contributed by atoms with Gasteiger partial charge in [0.05, 0.1) is 0 Å². The molecule has 0 aromatic carbocycles. The van der Waals surface area contributed by atoms with Crippen LogP contribution in [-0.2, 0) is 4.84 Å². The molecule has 0 atom stereocenters. The van der Waals surface area contributed by atoms with Crippen molar-refractivity contribution >= 4 is 6.16 Å². The third-order valence-corrected chi connectivity index (χ3v) is 3.02. The standard InChI is InChI=1S/C12H23NO3/c14-12(15)16-13-10-8-6-4-2-1-3-5-7-9-11-13/h1-11H2,(H,14,15). The predicted octanol–water partition coefficient (Wildman–Crippen LogP) is 3.42. The summed E-state index contributed by atoms with van der Waals surface area (Å²) in [6, 6.07) is 0. The maximum absolute atomic E-state index is 10.5. The first-order valence-electron chi connectivity index (χ1n) is 6.45. The summed E-state index contributed by atoms with van der Waals surface area (Å²) in [6.45, 7) is 1.48. The van der Waals surface area contributed by atoms with Gasteiger partial charge in [0, 0.05) is 13.1 Å². The van der Waals surface area contributed by atoms with E-state index in [1.165, 1.54) is 44.9 Å². The molecule has 1 aliphatic rings. The quantitative estimate of drug-likeness (QED) is 0.748. The molecule has 94 valence electrons. The lowest BCUT2D eigenvalue weighted by molar-refractivity contribution is -0.121. The van der Waals surface area contributed by atoms with Gasteiger partial charge in [0.1, 0.15) is 0 Å². The van der Waals surface area contributed by atoms with Crippen LogP contribution >= 0.6 is 0 Å². The molecule has 16 heavy (non-hydrogen) atoms. The van der Waals surface area contributed by atoms with E-state index in [2.05, 4.69) is 0 Å². The molecule has 1 aliphatic heterocycles. The molecule has 1 saturated heterocycles. The Bertz CT molecular complexity index is 185. The van der Waals surface area contributed by atoms with Crippen molar-refractivity contribution < 1.29 is 14.7 Å². The third kappa shape index (κ3) is 6.67. The van der Waals surface area contributed by atoms with E-state index in [-0.39, 0.29) is 0 Å². The zero-order chi connectivity index (χ0) is 11.6. The summed E-state index contributed by atoms with van der Waals surface area (Å²) in [4.78, 5) is 15.2. The Balaban J connectivity index is 2.27. The zero-order valence-electron chi connectivity index (χ0n) is 9.99. The normalized spacial score (nSPS) is 21.8. The van der Waals surface area contributed by atoms with Crippen LogP contribution in [0.3, 0.4) is 0 Å². The minimum Gasteiger partial charge on any atom is -0.448 e. The van der Waals surface area contributed by atoms with Crippen LogP contribution in [0.5, 0.6) is 0 Å². The molecule has 0 amide bonds. The van der Waals surface area contributed by atoms with E-state index < -0.39 is 6.16 Å². The average molecular weight is 229 g/mol. The van der Waals surface area contributed by atoms with Gasteiger partial charge in [-0.3, -0.25) is 0 Å². The first-order chi connectivity index (χ1) is 7.79. The van der Waals surface area contributed by atoms with Gasteiger partial charge in [-0.05, 0) is 12.8 Å². The Morgan fingerprint density at radius 2 is 1.19 bits per heavy atom. The van der Waals surface area contributed by atoms with E-state index in [0.717, 1.165) is 25.9 Å². The van der Waals surface area contributed by atoms with E-state index in [1.54, 1.807) is 5.06 Å². The van der Waals surface area contributed by atoms with Gasteiger partial charge in [0.15, 0.2) is 0 Å². The second kappa shape index (κ2) is 8.39. The molecule has 4 heteroatoms. The highest BCUT2D eigenvalue weighted by molar-refractivity contribution is 5.56. The Hall–Kier alpha value is -0.770. The lowest BCUT2D eigenvalue weighted by Gasteiger charge is -2.19. The second-order valence-corrected chi connectivity index (χ2v) is 4.47. The van der Waals surface area contributed by atoms with Gasteiger partial charge in [-0.2, -0.15) is 0 Å². The van der Waals surface area contributed by atoms with Crippen LogP contribution in [0.15, 0.2) is 0 Å². The summed E-state index contributed by atoms with van der Waals surface area (Å²) >= 11 is 0. The Labute approximate surface area is 97.5 Å². The van der Waals surface area contributed by atoms with Gasteiger partial charge in [-0.25, -0.2) is 4.79 Å². The molecule has 0 aromatic heterocycles. The molecular formula is C12H23NO3. The van der Waals surface area contributed by atoms with Crippen LogP contribution in [0, 0.1) is 0 Å². The minimum absolute atomic E-state index is 0.742. The van der Waals surface area contributed by atoms with Crippen LogP contribution in [0.4, 0.5) is 4.79 Å². The molecule has 1 heterocycles. The number of carbonyl (C=O) groups is 1. The summed E-state index contributed by atoms with van der Waals surface area (Å²) in [5.41, 5.74) is 0. The van der Waals surface area contributed by atoms with E-state index in [1.807, 2.05) is 0 Å². The highest BCUT2D eigenvalue weighted by Crippen LogP contribution is 2.12. The summed E-state index contributed by atoms with van der Waals surface area (Å²) in [5, 5.41) is 10.2. The SMILES string of the molecule is O=C(O)ON1CCCCCCCCCCC1. The molecule has 0 aromatic rings. The van der Waals surface area contributed by atoms with Crippen LogP contribution < -0.4 is 0 Å². The molecule has 0 unspecified atom stereocenters. The molecule has 1 N–H and O–H groups in total. The lowest BCUT2D eigenvalue weighted by atomic mass is 10.1. The molecule has 1 fully saturated rings. The summed E-state index contributed by atoms with van der Waals surface area (Å²) in [6.07, 6.45) is 9.77. The summed E-state index contributed by atoms with van der Waals surface area (Å²) in [5.74, 6) is 0. The highest BCUT2D eigenvalue weighted by Gasteiger charge is 2.10. The summed E-state index contributed by atoms with van der Waals surface area (Å²) < 4.78 is 0. The molecule has 4 nitrogen and oxygen atoms in total. The van der Waals surface area contributed by atoms with Gasteiger partial charge >= 0.3 is 6.16 Å². The first-order valence-corrected chi connectivity index (χ1v) is 6.45. The Morgan fingerprint density at radius 3 is 1.56 bits per heavy atom. The Morgan fingerprint density at radius 1 is 0.812 bits per heavy atom. The molecule has 1 rings (SSSR count). The van der Waals surface area contributed by atoms with E-state index in [0.29, 0.717) is 0 Å². The number of hydroxylamine groups is 2. The second-order valence-electron chi connectivity index (χ2n) is 4.47. The molecule has 0 radical (unpaired) electrons. The van der Waals surface area contributed by atoms with Crippen LogP contribution in [0.1, 0.15) is 57.8 Å². The number of nitrogens with zero attached hydrogens (tertiary/aromatic N) is 1. The molecular weight excluding hydrogens is 206 g/mol. The van der Waals surface area contributed by atoms with Crippen LogP contribution in [0.25, 0.3) is 0 Å². The smallest absolute Gasteiger partial charge is 0.448 e. The van der Waals surface area contributed by atoms with Gasteiger partial charge in [-0.1, -0.05) is 44.9 Å². The summed E-state index contributed by atoms with van der Waals surface area (Å²) in [7, 11) is 0. The van der Waals surface area contributed by atoms with Crippen molar-refractivity contribution in [2.45, 2.75) is 57.8 Å². The monoisotopic (exact) mass is 229 g/mol. The molecule has 0 bridgehead atoms. The van der Waals surface area contributed by atoms with Crippen molar-refractivity contribution in [3.8, 4) is 0 Å². The van der Waals surface area contributed by atoms with Gasteiger partial charge in [-0.15, -0.1) is 5.06 Å². The van der Waals surface area contributed by atoms with E-state index >= 15 is 0 Å². The first kappa shape index (κ1) is 13.3. The van der Waals surface area contributed by atoms with Crippen LogP contribution in [0.2, 0.25) is 0 Å². The van der Waals surface area contributed by atoms with Crippen molar-refractivity contribution in [1.29, 1.82) is 0 Å². The topological polar surface area (TPSA) is 49.8 Å². The maximum atomic E-state index is 10.5. The average Bonchev–Trinajstić information content (AvgIpc) is 2.21. The zero-order valence-corrected chi connectivity index (χ0v) is 9.99. The van der Waals surface area contributed by atoms with Crippen molar-refractivity contribution in [3.63, 3.8) is 0 Å². The van der Waals surface area contributed by atoms with Crippen molar-refractivity contribution in [2.75, 3.05) is 13.1 Å². The highest BCUT2D eigenvalue weighted by atomic mass is 16.8. The minimum atomic E-state index is -1.19. The number of hydrogen-bond donors (Lipinski definition) is 1. The van der Waals surface area contributed by atoms with Crippen molar-refractivity contribution in [3.05, 3.63) is 0 Å². The number of hydrogen-bond acceptors (Lipinski definition) is 3. The van der Waals surface area contributed by atoms with Crippen LogP contribution in [-0.4, -0.2) is 29.4 Å². The predicted molar refractivity (Wildman–Crippen MR) is 62.2 cm³/mol. The van der Waals surface area contributed by atoms with E-state index in [9.17, 15) is 4.79 Å². The fraction of sp³-hybridized carbons (Fsp3) is 0.917.